The van der Waals surface area contributed by atoms with Crippen LogP contribution in [0.25, 0.3) is 11.3 Å². The van der Waals surface area contributed by atoms with E-state index in [1.807, 2.05) is 30.3 Å². The number of aromatic nitrogens is 2. The average Bonchev–Trinajstić information content (AvgIpc) is 2.85. The van der Waals surface area contributed by atoms with Crippen LogP contribution in [0.2, 0.25) is 5.02 Å². The predicted octanol–water partition coefficient (Wildman–Crippen LogP) is 6.44. The number of benzene rings is 2. The molecule has 1 aliphatic heterocycles. The SMILES string of the molecule is CC(C)c1cccc(C(C)C)c1NC(=O)Nc1cnc(N2CCN(C)CC2)nc1-c1ccccc1Cl. The Morgan fingerprint density at radius 3 is 2.17 bits per heavy atom. The quantitative estimate of drug-likeness (QED) is 0.402. The van der Waals surface area contributed by atoms with Gasteiger partial charge in [0, 0.05) is 37.4 Å². The van der Waals surface area contributed by atoms with Crippen LogP contribution in [-0.2, 0) is 0 Å². The van der Waals surface area contributed by atoms with Crippen LogP contribution in [-0.4, -0.2) is 54.1 Å². The standard InChI is InChI=1S/C28H35ClN6O/c1-18(2)20-10-8-11-21(19(3)4)25(20)33-28(36)31-24-17-30-27(35-15-13-34(5)14-16-35)32-26(24)22-9-6-7-12-23(22)29/h6-12,17-19H,13-16H2,1-5H3,(H2,31,33,36). The van der Waals surface area contributed by atoms with Gasteiger partial charge in [0.2, 0.25) is 5.95 Å². The fourth-order valence-electron chi connectivity index (χ4n) is 4.44. The molecule has 1 aliphatic rings. The Labute approximate surface area is 218 Å². The molecule has 190 valence electrons. The second-order valence-electron chi connectivity index (χ2n) is 9.90. The second kappa shape index (κ2) is 11.3. The highest BCUT2D eigenvalue weighted by atomic mass is 35.5. The van der Waals surface area contributed by atoms with Crippen LogP contribution in [0.3, 0.4) is 0 Å². The number of carbonyl (C=O) groups excluding carboxylic acids is 1. The monoisotopic (exact) mass is 506 g/mol. The van der Waals surface area contributed by atoms with Crippen LogP contribution < -0.4 is 15.5 Å². The number of nitrogens with one attached hydrogen (secondary N) is 2. The van der Waals surface area contributed by atoms with Gasteiger partial charge in [0.25, 0.3) is 0 Å². The molecule has 2 amide bonds. The summed E-state index contributed by atoms with van der Waals surface area (Å²) >= 11 is 6.56. The summed E-state index contributed by atoms with van der Waals surface area (Å²) in [6, 6.07) is 13.4. The molecule has 1 aromatic heterocycles. The number of piperazine rings is 1. The lowest BCUT2D eigenvalue weighted by Gasteiger charge is -2.32. The Kier molecular flexibility index (Phi) is 8.11. The summed E-state index contributed by atoms with van der Waals surface area (Å²) in [6.45, 7) is 12.1. The molecule has 0 saturated carbocycles. The highest BCUT2D eigenvalue weighted by Gasteiger charge is 2.21. The summed E-state index contributed by atoms with van der Waals surface area (Å²) in [5.74, 6) is 1.17. The Hall–Kier alpha value is -3.16. The third kappa shape index (κ3) is 5.79. The fraction of sp³-hybridized carbons (Fsp3) is 0.393. The van der Waals surface area contributed by atoms with Gasteiger partial charge in [0.1, 0.15) is 5.69 Å². The molecular weight excluding hydrogens is 472 g/mol. The lowest BCUT2D eigenvalue weighted by atomic mass is 9.93. The number of carbonyl (C=O) groups is 1. The maximum Gasteiger partial charge on any atom is 0.323 e. The number of amides is 2. The first-order valence-electron chi connectivity index (χ1n) is 12.5. The summed E-state index contributed by atoms with van der Waals surface area (Å²) in [5, 5.41) is 6.67. The van der Waals surface area contributed by atoms with Crippen LogP contribution in [0.4, 0.5) is 22.1 Å². The maximum absolute atomic E-state index is 13.3. The normalized spacial score (nSPS) is 14.4. The molecule has 2 aromatic carbocycles. The van der Waals surface area contributed by atoms with Gasteiger partial charge in [-0.2, -0.15) is 0 Å². The van der Waals surface area contributed by atoms with Crippen molar-refractivity contribution < 1.29 is 4.79 Å². The van der Waals surface area contributed by atoms with Gasteiger partial charge in [-0.05, 0) is 36.1 Å². The third-order valence-corrected chi connectivity index (χ3v) is 6.88. The number of anilines is 3. The first kappa shape index (κ1) is 25.9. The predicted molar refractivity (Wildman–Crippen MR) is 149 cm³/mol. The highest BCUT2D eigenvalue weighted by Crippen LogP contribution is 2.35. The number of halogens is 1. The van der Waals surface area contributed by atoms with E-state index in [1.54, 1.807) is 6.20 Å². The van der Waals surface area contributed by atoms with Gasteiger partial charge in [-0.3, -0.25) is 0 Å². The highest BCUT2D eigenvalue weighted by molar-refractivity contribution is 6.33. The molecule has 1 fully saturated rings. The van der Waals surface area contributed by atoms with Gasteiger partial charge < -0.3 is 20.4 Å². The van der Waals surface area contributed by atoms with Crippen LogP contribution >= 0.6 is 11.6 Å². The Bertz CT molecular complexity index is 1190. The molecule has 36 heavy (non-hydrogen) atoms. The number of rotatable bonds is 6. The van der Waals surface area contributed by atoms with Gasteiger partial charge in [-0.25, -0.2) is 14.8 Å². The molecule has 0 atom stereocenters. The Morgan fingerprint density at radius 1 is 0.917 bits per heavy atom. The zero-order valence-electron chi connectivity index (χ0n) is 21.7. The lowest BCUT2D eigenvalue weighted by molar-refractivity contribution is 0.262. The van der Waals surface area contributed by atoms with Crippen molar-refractivity contribution in [3.8, 4) is 11.3 Å². The van der Waals surface area contributed by atoms with Crippen molar-refractivity contribution in [2.24, 2.45) is 0 Å². The van der Waals surface area contributed by atoms with Crippen molar-refractivity contribution in [2.75, 3.05) is 48.8 Å². The van der Waals surface area contributed by atoms with Crippen LogP contribution in [0.15, 0.2) is 48.7 Å². The number of urea groups is 1. The first-order valence-corrected chi connectivity index (χ1v) is 12.9. The minimum absolute atomic E-state index is 0.267. The van der Waals surface area contributed by atoms with E-state index >= 15 is 0 Å². The van der Waals surface area contributed by atoms with E-state index in [0.717, 1.165) is 48.6 Å². The minimum Gasteiger partial charge on any atom is -0.338 e. The fourth-order valence-corrected chi connectivity index (χ4v) is 4.67. The lowest BCUT2D eigenvalue weighted by Crippen LogP contribution is -2.45. The molecule has 1 saturated heterocycles. The van der Waals surface area contributed by atoms with Gasteiger partial charge in [-0.15, -0.1) is 0 Å². The van der Waals surface area contributed by atoms with Gasteiger partial charge in [0.05, 0.1) is 16.9 Å². The third-order valence-electron chi connectivity index (χ3n) is 6.55. The number of hydrogen-bond acceptors (Lipinski definition) is 5. The van der Waals surface area contributed by atoms with Gasteiger partial charge in [-0.1, -0.05) is 75.7 Å². The van der Waals surface area contributed by atoms with Crippen molar-refractivity contribution in [3.05, 3.63) is 64.8 Å². The minimum atomic E-state index is -0.339. The molecule has 2 N–H and O–H groups in total. The zero-order chi connectivity index (χ0) is 25.8. The number of hydrogen-bond donors (Lipinski definition) is 2. The summed E-state index contributed by atoms with van der Waals surface area (Å²) in [5.41, 5.74) is 4.91. The number of para-hydroxylation sites is 1. The smallest absolute Gasteiger partial charge is 0.323 e. The molecule has 2 heterocycles. The van der Waals surface area contributed by atoms with E-state index in [-0.39, 0.29) is 17.9 Å². The zero-order valence-corrected chi connectivity index (χ0v) is 22.4. The average molecular weight is 507 g/mol. The second-order valence-corrected chi connectivity index (χ2v) is 10.3. The van der Waals surface area contributed by atoms with E-state index < -0.39 is 0 Å². The van der Waals surface area contributed by atoms with E-state index in [4.69, 9.17) is 16.6 Å². The van der Waals surface area contributed by atoms with Crippen LogP contribution in [0, 0.1) is 0 Å². The Balaban J connectivity index is 1.67. The molecule has 0 unspecified atom stereocenters. The van der Waals surface area contributed by atoms with E-state index in [1.165, 1.54) is 0 Å². The van der Waals surface area contributed by atoms with E-state index in [0.29, 0.717) is 22.4 Å². The molecule has 0 spiro atoms. The molecular formula is C28H35ClN6O. The number of nitrogens with zero attached hydrogens (tertiary/aromatic N) is 4. The van der Waals surface area contributed by atoms with E-state index in [9.17, 15) is 4.79 Å². The molecule has 8 heteroatoms. The van der Waals surface area contributed by atoms with Gasteiger partial charge >= 0.3 is 6.03 Å². The summed E-state index contributed by atoms with van der Waals surface area (Å²) < 4.78 is 0. The van der Waals surface area contributed by atoms with Crippen LogP contribution in [0.1, 0.15) is 50.7 Å². The molecule has 0 bridgehead atoms. The topological polar surface area (TPSA) is 73.4 Å². The van der Waals surface area contributed by atoms with Crippen molar-refractivity contribution in [3.63, 3.8) is 0 Å². The number of likely N-dealkylation sites (N-methyl/N-ethyl adjacent to an activating group) is 1. The molecule has 4 rings (SSSR count). The van der Waals surface area contributed by atoms with E-state index in [2.05, 4.69) is 72.3 Å². The largest absolute Gasteiger partial charge is 0.338 e. The maximum atomic E-state index is 13.3. The van der Waals surface area contributed by atoms with Crippen molar-refractivity contribution in [1.29, 1.82) is 0 Å². The van der Waals surface area contributed by atoms with Crippen molar-refractivity contribution >= 4 is 35.0 Å². The molecule has 3 aromatic rings. The first-order chi connectivity index (χ1) is 17.2. The summed E-state index contributed by atoms with van der Waals surface area (Å²) in [7, 11) is 2.11. The summed E-state index contributed by atoms with van der Waals surface area (Å²) in [4.78, 5) is 27.2. The summed E-state index contributed by atoms with van der Waals surface area (Å²) in [6.07, 6.45) is 1.68. The van der Waals surface area contributed by atoms with Crippen LogP contribution in [0.5, 0.6) is 0 Å². The van der Waals surface area contributed by atoms with Crippen molar-refractivity contribution in [2.45, 2.75) is 39.5 Å². The Morgan fingerprint density at radius 2 is 1.56 bits per heavy atom. The molecule has 7 nitrogen and oxygen atoms in total. The molecule has 0 aliphatic carbocycles. The molecule has 0 radical (unpaired) electrons. The van der Waals surface area contributed by atoms with Gasteiger partial charge in [0.15, 0.2) is 0 Å². The van der Waals surface area contributed by atoms with Crippen molar-refractivity contribution in [1.82, 2.24) is 14.9 Å².